The number of piperidine rings is 1. The zero-order valence-electron chi connectivity index (χ0n) is 19.2. The van der Waals surface area contributed by atoms with E-state index in [0.29, 0.717) is 12.3 Å². The summed E-state index contributed by atoms with van der Waals surface area (Å²) in [4.78, 5) is 19.7. The quantitative estimate of drug-likeness (QED) is 0.454. The summed E-state index contributed by atoms with van der Waals surface area (Å²) >= 11 is 0. The lowest BCUT2D eigenvalue weighted by Crippen LogP contribution is -2.52. The minimum absolute atomic E-state index is 0.00897. The molecule has 0 N–H and O–H groups in total. The van der Waals surface area contributed by atoms with Crippen molar-refractivity contribution in [2.24, 2.45) is 0 Å². The van der Waals surface area contributed by atoms with Crippen LogP contribution in [0.2, 0.25) is 0 Å². The van der Waals surface area contributed by atoms with Crippen LogP contribution in [0, 0.1) is 12.7 Å². The number of benzene rings is 2. The average Bonchev–Trinajstić information content (AvgIpc) is 3.17. The van der Waals surface area contributed by atoms with Crippen molar-refractivity contribution in [2.75, 3.05) is 6.61 Å². The molecule has 6 rings (SSSR count). The number of hydrogen-bond donors (Lipinski definition) is 0. The molecule has 1 amide bonds. The summed E-state index contributed by atoms with van der Waals surface area (Å²) in [6.07, 6.45) is 5.55. The lowest BCUT2D eigenvalue weighted by molar-refractivity contribution is 0.0538. The smallest absolute Gasteiger partial charge is 0.410 e. The van der Waals surface area contributed by atoms with Crippen LogP contribution in [-0.4, -0.2) is 34.7 Å². The zero-order valence-corrected chi connectivity index (χ0v) is 19.2. The number of fused-ring (bicyclic) bond motifs is 5. The van der Waals surface area contributed by atoms with Crippen molar-refractivity contribution in [3.8, 4) is 11.1 Å². The van der Waals surface area contributed by atoms with Gasteiger partial charge in [-0.15, -0.1) is 0 Å². The van der Waals surface area contributed by atoms with Crippen LogP contribution >= 0.6 is 0 Å². The van der Waals surface area contributed by atoms with Crippen LogP contribution in [0.3, 0.4) is 0 Å². The summed E-state index contributed by atoms with van der Waals surface area (Å²) in [5.41, 5.74) is 7.20. The van der Waals surface area contributed by atoms with E-state index in [2.05, 4.69) is 47.5 Å². The van der Waals surface area contributed by atoms with E-state index in [1.807, 2.05) is 17.0 Å². The predicted octanol–water partition coefficient (Wildman–Crippen LogP) is 6.49. The number of halogens is 1. The third-order valence-electron chi connectivity index (χ3n) is 7.53. The van der Waals surface area contributed by atoms with E-state index in [4.69, 9.17) is 4.74 Å². The molecule has 1 saturated heterocycles. The standard InChI is InChI=1S/C29H27FN2O2/c1-18-27(30)13-14-28(31-18)19-15-20-7-6-8-21(16-19)32(20)29(33)34-17-26-24-11-4-2-9-22(24)23-10-3-5-12-25(23)26/h2-5,9-15,20-21,26H,6-8,16-17H2,1H3. The summed E-state index contributed by atoms with van der Waals surface area (Å²) in [5, 5.41) is 0. The molecule has 0 spiro atoms. The molecule has 0 saturated carbocycles. The number of carbonyl (C=O) groups excluding carboxylic acids is 1. The molecule has 2 atom stereocenters. The third kappa shape index (κ3) is 3.51. The van der Waals surface area contributed by atoms with Crippen molar-refractivity contribution in [1.29, 1.82) is 0 Å². The molecule has 3 aromatic rings. The van der Waals surface area contributed by atoms with Crippen LogP contribution in [0.25, 0.3) is 16.7 Å². The first kappa shape index (κ1) is 21.1. The first-order chi connectivity index (χ1) is 16.6. The number of rotatable bonds is 3. The third-order valence-corrected chi connectivity index (χ3v) is 7.53. The molecule has 2 unspecified atom stereocenters. The molecule has 1 aliphatic carbocycles. The summed E-state index contributed by atoms with van der Waals surface area (Å²) in [7, 11) is 0. The Morgan fingerprint density at radius 3 is 2.41 bits per heavy atom. The normalized spacial score (nSPS) is 21.0. The lowest BCUT2D eigenvalue weighted by atomic mass is 9.84. The van der Waals surface area contributed by atoms with Crippen LogP contribution in [0.1, 0.15) is 54.1 Å². The van der Waals surface area contributed by atoms with Gasteiger partial charge in [0.05, 0.1) is 17.4 Å². The van der Waals surface area contributed by atoms with Gasteiger partial charge in [-0.3, -0.25) is 9.88 Å². The molecule has 172 valence electrons. The number of pyridine rings is 1. The lowest BCUT2D eigenvalue weighted by Gasteiger charge is -2.44. The number of amides is 1. The van der Waals surface area contributed by atoms with Gasteiger partial charge in [-0.1, -0.05) is 54.6 Å². The van der Waals surface area contributed by atoms with Crippen LogP contribution in [-0.2, 0) is 4.74 Å². The Labute approximate surface area is 199 Å². The fraction of sp³-hybridized carbons (Fsp3) is 0.310. The number of aryl methyl sites for hydroxylation is 1. The Morgan fingerprint density at radius 1 is 1.03 bits per heavy atom. The van der Waals surface area contributed by atoms with Gasteiger partial charge in [-0.05, 0) is 72.6 Å². The maximum Gasteiger partial charge on any atom is 0.410 e. The Hall–Kier alpha value is -3.47. The summed E-state index contributed by atoms with van der Waals surface area (Å²) in [5.74, 6) is -0.237. The first-order valence-corrected chi connectivity index (χ1v) is 12.1. The molecular weight excluding hydrogens is 427 g/mol. The number of ether oxygens (including phenoxy) is 1. The molecule has 2 aliphatic heterocycles. The van der Waals surface area contributed by atoms with E-state index in [-0.39, 0.29) is 29.9 Å². The number of carbonyl (C=O) groups is 1. The van der Waals surface area contributed by atoms with Crippen molar-refractivity contribution < 1.29 is 13.9 Å². The zero-order chi connectivity index (χ0) is 23.2. The second-order valence-corrected chi connectivity index (χ2v) is 9.52. The van der Waals surface area contributed by atoms with Crippen molar-refractivity contribution in [3.05, 3.63) is 95.1 Å². The molecule has 2 bridgehead atoms. The van der Waals surface area contributed by atoms with Crippen molar-refractivity contribution in [2.45, 2.75) is 50.6 Å². The first-order valence-electron chi connectivity index (χ1n) is 12.1. The molecule has 0 radical (unpaired) electrons. The van der Waals surface area contributed by atoms with Gasteiger partial charge in [0.2, 0.25) is 0 Å². The predicted molar refractivity (Wildman–Crippen MR) is 130 cm³/mol. The number of hydrogen-bond acceptors (Lipinski definition) is 3. The number of nitrogens with zero attached hydrogens (tertiary/aromatic N) is 2. The Balaban J connectivity index is 1.22. The van der Waals surface area contributed by atoms with Gasteiger partial charge in [0.25, 0.3) is 0 Å². The minimum Gasteiger partial charge on any atom is -0.448 e. The molecule has 4 nitrogen and oxygen atoms in total. The highest BCUT2D eigenvalue weighted by Gasteiger charge is 2.39. The fourth-order valence-electron chi connectivity index (χ4n) is 5.90. The summed E-state index contributed by atoms with van der Waals surface area (Å²) in [6.45, 7) is 2.02. The molecule has 1 aromatic heterocycles. The van der Waals surface area contributed by atoms with Crippen LogP contribution in [0.15, 0.2) is 66.7 Å². The maximum absolute atomic E-state index is 13.7. The van der Waals surface area contributed by atoms with E-state index in [1.165, 1.54) is 28.3 Å². The molecular formula is C29H27FN2O2. The molecule has 2 aromatic carbocycles. The summed E-state index contributed by atoms with van der Waals surface area (Å²) in [6, 6.07) is 20.1. The van der Waals surface area contributed by atoms with Crippen LogP contribution in [0.5, 0.6) is 0 Å². The highest BCUT2D eigenvalue weighted by atomic mass is 19.1. The monoisotopic (exact) mass is 454 g/mol. The van der Waals surface area contributed by atoms with Gasteiger partial charge in [0, 0.05) is 12.0 Å². The Bertz CT molecular complexity index is 1260. The fourth-order valence-corrected chi connectivity index (χ4v) is 5.90. The second-order valence-electron chi connectivity index (χ2n) is 9.52. The van der Waals surface area contributed by atoms with Gasteiger partial charge in [0.1, 0.15) is 12.4 Å². The average molecular weight is 455 g/mol. The highest BCUT2D eigenvalue weighted by Crippen LogP contribution is 2.45. The summed E-state index contributed by atoms with van der Waals surface area (Å²) < 4.78 is 19.7. The topological polar surface area (TPSA) is 42.4 Å². The van der Waals surface area contributed by atoms with E-state index in [1.54, 1.807) is 13.0 Å². The largest absolute Gasteiger partial charge is 0.448 e. The second kappa shape index (κ2) is 8.39. The SMILES string of the molecule is Cc1nc(C2=CC3CCCC(C2)N3C(=O)OCC2c3ccccc3-c3ccccc32)ccc1F. The molecule has 3 aliphatic rings. The minimum atomic E-state index is -0.291. The highest BCUT2D eigenvalue weighted by molar-refractivity contribution is 5.79. The van der Waals surface area contributed by atoms with Gasteiger partial charge in [0.15, 0.2) is 0 Å². The van der Waals surface area contributed by atoms with Crippen LogP contribution < -0.4 is 0 Å². The Kier molecular flexibility index (Phi) is 5.20. The number of aromatic nitrogens is 1. The molecule has 34 heavy (non-hydrogen) atoms. The molecule has 1 fully saturated rings. The maximum atomic E-state index is 13.7. The van der Waals surface area contributed by atoms with Gasteiger partial charge in [-0.25, -0.2) is 9.18 Å². The van der Waals surface area contributed by atoms with E-state index >= 15 is 0 Å². The van der Waals surface area contributed by atoms with E-state index < -0.39 is 0 Å². The van der Waals surface area contributed by atoms with Crippen LogP contribution in [0.4, 0.5) is 9.18 Å². The van der Waals surface area contributed by atoms with Gasteiger partial charge in [-0.2, -0.15) is 0 Å². The molecule has 3 heterocycles. The molecule has 5 heteroatoms. The van der Waals surface area contributed by atoms with Crippen molar-refractivity contribution >= 4 is 11.7 Å². The van der Waals surface area contributed by atoms with E-state index in [0.717, 1.165) is 37.0 Å². The van der Waals surface area contributed by atoms with E-state index in [9.17, 15) is 9.18 Å². The van der Waals surface area contributed by atoms with Crippen molar-refractivity contribution in [1.82, 2.24) is 9.88 Å². The Morgan fingerprint density at radius 2 is 1.74 bits per heavy atom. The van der Waals surface area contributed by atoms with Crippen molar-refractivity contribution in [3.63, 3.8) is 0 Å². The van der Waals surface area contributed by atoms with Gasteiger partial charge < -0.3 is 4.74 Å². The van der Waals surface area contributed by atoms with Gasteiger partial charge >= 0.3 is 6.09 Å².